The van der Waals surface area contributed by atoms with Crippen LogP contribution in [0, 0.1) is 11.8 Å². The maximum absolute atomic E-state index is 13.8. The molecule has 3 aliphatic carbocycles. The molecule has 1 saturated carbocycles. The van der Waals surface area contributed by atoms with E-state index in [0.29, 0.717) is 5.56 Å². The third-order valence-corrected chi connectivity index (χ3v) is 6.93. The molecule has 11 nitrogen and oxygen atoms in total. The Morgan fingerprint density at radius 1 is 1.23 bits per heavy atom. The number of hydrogen-bond acceptors (Lipinski definition) is 10. The number of aromatic hydroxyl groups is 1. The highest BCUT2D eigenvalue weighted by Crippen LogP contribution is 2.53. The fraction of sp³-hybridized carbons (Fsp3) is 0.333. The van der Waals surface area contributed by atoms with Crippen molar-refractivity contribution in [2.24, 2.45) is 17.6 Å². The van der Waals surface area contributed by atoms with Gasteiger partial charge in [-0.15, -0.1) is 0 Å². The van der Waals surface area contributed by atoms with E-state index >= 15 is 0 Å². The molecule has 1 aromatic rings. The highest BCUT2D eigenvalue weighted by Gasteiger charge is 2.68. The number of phenolic OH excluding ortho intramolecular Hbond substituents is 1. The zero-order chi connectivity index (χ0) is 26.0. The highest BCUT2D eigenvalue weighted by atomic mass is 16.5. The number of likely N-dealkylation sites (N-methyl/N-ethyl adjacent to an activating group) is 1. The van der Waals surface area contributed by atoms with Crippen molar-refractivity contribution in [1.82, 2.24) is 4.90 Å². The smallest absolute Gasteiger partial charge is 0.330 e. The average molecular weight is 484 g/mol. The number of phenols is 1. The van der Waals surface area contributed by atoms with Crippen molar-refractivity contribution in [1.29, 1.82) is 0 Å². The normalized spacial score (nSPS) is 29.9. The number of rotatable bonds is 4. The van der Waals surface area contributed by atoms with E-state index < -0.39 is 75.7 Å². The molecular weight excluding hydrogens is 460 g/mol. The van der Waals surface area contributed by atoms with Crippen LogP contribution in [0.5, 0.6) is 5.75 Å². The van der Waals surface area contributed by atoms with Crippen molar-refractivity contribution in [2.45, 2.75) is 24.2 Å². The summed E-state index contributed by atoms with van der Waals surface area (Å²) in [5.41, 5.74) is 1.32. The van der Waals surface area contributed by atoms with E-state index in [1.165, 1.54) is 31.1 Å². The number of Topliss-reactive ketones (excluding diaryl/α,β-unsaturated/α-hetero) is 2. The number of nitrogens with two attached hydrogens (primary N) is 1. The van der Waals surface area contributed by atoms with E-state index in [4.69, 9.17) is 10.5 Å². The molecule has 184 valence electrons. The molecular formula is C24H24N2O9. The van der Waals surface area contributed by atoms with E-state index in [1.54, 1.807) is 6.07 Å². The van der Waals surface area contributed by atoms with Crippen LogP contribution in [0.4, 0.5) is 0 Å². The third kappa shape index (κ3) is 3.19. The summed E-state index contributed by atoms with van der Waals surface area (Å²) in [5.74, 6) is -9.44. The van der Waals surface area contributed by atoms with Crippen molar-refractivity contribution in [3.63, 3.8) is 0 Å². The van der Waals surface area contributed by atoms with Gasteiger partial charge in [0.2, 0.25) is 5.78 Å². The summed E-state index contributed by atoms with van der Waals surface area (Å²) < 4.78 is 5.55. The van der Waals surface area contributed by atoms with Crippen LogP contribution in [0.2, 0.25) is 0 Å². The van der Waals surface area contributed by atoms with Gasteiger partial charge in [-0.05, 0) is 32.1 Å². The van der Waals surface area contributed by atoms with Crippen molar-refractivity contribution in [2.75, 3.05) is 14.1 Å². The first-order chi connectivity index (χ1) is 16.4. The number of nitrogens with zero attached hydrogens (tertiary/aromatic N) is 1. The van der Waals surface area contributed by atoms with Crippen LogP contribution in [0.15, 0.2) is 47.8 Å². The molecule has 1 amide bonds. The minimum atomic E-state index is -2.96. The molecule has 6 N–H and O–H groups in total. The van der Waals surface area contributed by atoms with Gasteiger partial charge in [-0.1, -0.05) is 18.7 Å². The molecule has 11 heteroatoms. The zero-order valence-electron chi connectivity index (χ0n) is 18.9. The fourth-order valence-electron chi connectivity index (χ4n) is 5.50. The second-order valence-corrected chi connectivity index (χ2v) is 8.97. The molecule has 5 atom stereocenters. The van der Waals surface area contributed by atoms with Gasteiger partial charge in [0.1, 0.15) is 28.9 Å². The van der Waals surface area contributed by atoms with Crippen molar-refractivity contribution in [3.8, 4) is 5.75 Å². The molecule has 1 fully saturated rings. The number of primary amides is 1. The highest BCUT2D eigenvalue weighted by molar-refractivity contribution is 6.24. The first kappa shape index (κ1) is 24.2. The molecule has 1 aromatic carbocycles. The first-order valence-electron chi connectivity index (χ1n) is 10.7. The van der Waals surface area contributed by atoms with Crippen LogP contribution < -0.4 is 5.73 Å². The number of ether oxygens (including phenoxy) is 1. The number of ketones is 2. The Morgan fingerprint density at radius 3 is 2.46 bits per heavy atom. The topological polar surface area (TPSA) is 188 Å². The van der Waals surface area contributed by atoms with Crippen molar-refractivity contribution < 1.29 is 44.3 Å². The maximum atomic E-state index is 13.8. The number of esters is 1. The molecule has 0 bridgehead atoms. The van der Waals surface area contributed by atoms with Crippen LogP contribution in [-0.2, 0) is 30.3 Å². The van der Waals surface area contributed by atoms with E-state index in [2.05, 4.69) is 6.58 Å². The number of carbonyl (C=O) groups excluding carboxylic acids is 4. The Hall–Kier alpha value is -3.96. The summed E-state index contributed by atoms with van der Waals surface area (Å²) in [7, 11) is 2.88. The number of aliphatic hydroxyl groups excluding tert-OH is 2. The van der Waals surface area contributed by atoms with E-state index in [-0.39, 0.29) is 17.7 Å². The van der Waals surface area contributed by atoms with Gasteiger partial charge in [-0.3, -0.25) is 19.3 Å². The summed E-state index contributed by atoms with van der Waals surface area (Å²) in [5, 5.41) is 44.1. The Labute approximate surface area is 199 Å². The standard InChI is InChI=1S/C24H24N2O9/c1-4-12(28)35-20-10-8-9-6-5-7-11(27)13(9)18(29)14(10)21(31)24(34)16(20)17(26(2)3)19(30)15(22(24)32)23(25)33/h4-7,10,16-17,20,27,29,32,34H,1,8H2,2-3H3,(H2,25,33)/t10-,16-,17+,20+,24+/m0/s1. The van der Waals surface area contributed by atoms with E-state index in [1.807, 2.05) is 0 Å². The summed E-state index contributed by atoms with van der Waals surface area (Å²) in [4.78, 5) is 52.8. The summed E-state index contributed by atoms with van der Waals surface area (Å²) in [6.07, 6.45) is -0.608. The average Bonchev–Trinajstić information content (AvgIpc) is 2.77. The van der Waals surface area contributed by atoms with Gasteiger partial charge in [0.15, 0.2) is 11.4 Å². The van der Waals surface area contributed by atoms with Gasteiger partial charge in [-0.2, -0.15) is 0 Å². The van der Waals surface area contributed by atoms with Crippen LogP contribution in [0.25, 0.3) is 5.76 Å². The van der Waals surface area contributed by atoms with Crippen LogP contribution in [-0.4, -0.2) is 80.6 Å². The second kappa shape index (κ2) is 8.07. The zero-order valence-corrected chi connectivity index (χ0v) is 18.9. The predicted octanol–water partition coefficient (Wildman–Crippen LogP) is -0.328. The van der Waals surface area contributed by atoms with E-state index in [9.17, 15) is 39.6 Å². The number of fused-ring (bicyclic) bond motifs is 3. The number of aliphatic hydroxyl groups is 3. The van der Waals surface area contributed by atoms with Gasteiger partial charge in [0.25, 0.3) is 5.91 Å². The van der Waals surface area contributed by atoms with Crippen LogP contribution >= 0.6 is 0 Å². The SMILES string of the molecule is C=CC(=O)O[C@H]1[C@@H]2[C@@H](N(C)C)C(=O)C(C(N)=O)=C(O)[C@]2(O)C(=O)C2=C(O)c3c(O)cccc3C[C@@H]21. The predicted molar refractivity (Wildman–Crippen MR) is 120 cm³/mol. The van der Waals surface area contributed by atoms with Crippen LogP contribution in [0.1, 0.15) is 11.1 Å². The van der Waals surface area contributed by atoms with Gasteiger partial charge >= 0.3 is 5.97 Å². The second-order valence-electron chi connectivity index (χ2n) is 8.97. The van der Waals surface area contributed by atoms with Crippen LogP contribution in [0.3, 0.4) is 0 Å². The van der Waals surface area contributed by atoms with Crippen molar-refractivity contribution in [3.05, 3.63) is 58.9 Å². The molecule has 4 rings (SSSR count). The lowest BCUT2D eigenvalue weighted by Gasteiger charge is -2.53. The molecule has 0 spiro atoms. The lowest BCUT2D eigenvalue weighted by molar-refractivity contribution is -0.181. The fourth-order valence-corrected chi connectivity index (χ4v) is 5.50. The van der Waals surface area contributed by atoms with Gasteiger partial charge in [0, 0.05) is 17.6 Å². The van der Waals surface area contributed by atoms with Gasteiger partial charge in [0.05, 0.1) is 17.5 Å². The Kier molecular flexibility index (Phi) is 5.57. The summed E-state index contributed by atoms with van der Waals surface area (Å²) >= 11 is 0. The molecule has 0 radical (unpaired) electrons. The molecule has 0 heterocycles. The minimum Gasteiger partial charge on any atom is -0.508 e. The van der Waals surface area contributed by atoms with Gasteiger partial charge < -0.3 is 30.9 Å². The monoisotopic (exact) mass is 484 g/mol. The van der Waals surface area contributed by atoms with Crippen molar-refractivity contribution >= 4 is 29.2 Å². The number of hydrogen-bond donors (Lipinski definition) is 5. The number of carbonyl (C=O) groups is 4. The third-order valence-electron chi connectivity index (χ3n) is 6.93. The molecule has 0 aliphatic heterocycles. The quantitative estimate of drug-likeness (QED) is 0.215. The Morgan fingerprint density at radius 2 is 1.89 bits per heavy atom. The number of benzene rings is 1. The molecule has 0 unspecified atom stereocenters. The Balaban J connectivity index is 2.08. The molecule has 35 heavy (non-hydrogen) atoms. The summed E-state index contributed by atoms with van der Waals surface area (Å²) in [6, 6.07) is 3.00. The first-order valence-corrected chi connectivity index (χ1v) is 10.7. The lowest BCUT2D eigenvalue weighted by Crippen LogP contribution is -2.70. The minimum absolute atomic E-state index is 0.0158. The lowest BCUT2D eigenvalue weighted by atomic mass is 9.56. The van der Waals surface area contributed by atoms with E-state index in [0.717, 1.165) is 6.08 Å². The molecule has 0 aromatic heterocycles. The molecule has 3 aliphatic rings. The largest absolute Gasteiger partial charge is 0.508 e. The Bertz CT molecular complexity index is 1260. The summed E-state index contributed by atoms with van der Waals surface area (Å²) in [6.45, 7) is 3.35. The van der Waals surface area contributed by atoms with Gasteiger partial charge in [-0.25, -0.2) is 4.79 Å². The maximum Gasteiger partial charge on any atom is 0.330 e. The molecule has 0 saturated heterocycles. The number of amides is 1.